The van der Waals surface area contributed by atoms with Crippen LogP contribution >= 0.6 is 0 Å². The van der Waals surface area contributed by atoms with E-state index in [0.29, 0.717) is 0 Å². The van der Waals surface area contributed by atoms with Crippen molar-refractivity contribution in [1.29, 1.82) is 0 Å². The van der Waals surface area contributed by atoms with Crippen LogP contribution in [0.3, 0.4) is 0 Å². The Bertz CT molecular complexity index is 411. The Labute approximate surface area is 117 Å². The van der Waals surface area contributed by atoms with Crippen LogP contribution in [0.1, 0.15) is 32.1 Å². The number of piperidine rings is 1. The van der Waals surface area contributed by atoms with Gasteiger partial charge >= 0.3 is 0 Å². The maximum absolute atomic E-state index is 11.5. The van der Waals surface area contributed by atoms with Gasteiger partial charge in [-0.05, 0) is 56.4 Å². The molecule has 1 atom stereocenters. The lowest BCUT2D eigenvalue weighted by Gasteiger charge is -2.33. The molecule has 5 heteroatoms. The maximum atomic E-state index is 11.5. The third-order valence-corrected chi connectivity index (χ3v) is 6.46. The van der Waals surface area contributed by atoms with Crippen LogP contribution < -0.4 is 0 Å². The number of hydrogen-bond acceptors (Lipinski definition) is 3. The predicted molar refractivity (Wildman–Crippen MR) is 76.4 cm³/mol. The summed E-state index contributed by atoms with van der Waals surface area (Å²) in [4.78, 5) is 2.64. The van der Waals surface area contributed by atoms with E-state index in [0.717, 1.165) is 43.7 Å². The Balaban J connectivity index is 1.46. The van der Waals surface area contributed by atoms with Gasteiger partial charge in [-0.2, -0.15) is 0 Å². The first-order chi connectivity index (χ1) is 9.02. The zero-order valence-corrected chi connectivity index (χ0v) is 12.7. The molecule has 3 rings (SSSR count). The van der Waals surface area contributed by atoms with Crippen molar-refractivity contribution in [2.24, 2.45) is 17.8 Å². The molecule has 19 heavy (non-hydrogen) atoms. The SMILES string of the molecule is CS(=O)(=O)N1CCC(C2CCN(CC3CC3)C2)CC1. The summed E-state index contributed by atoms with van der Waals surface area (Å²) in [6, 6.07) is 0. The molecule has 0 N–H and O–H groups in total. The molecule has 2 heterocycles. The topological polar surface area (TPSA) is 40.6 Å². The average Bonchev–Trinajstić information content (AvgIpc) is 3.04. The van der Waals surface area contributed by atoms with E-state index in [9.17, 15) is 8.42 Å². The Kier molecular flexibility index (Phi) is 3.89. The van der Waals surface area contributed by atoms with E-state index < -0.39 is 10.0 Å². The van der Waals surface area contributed by atoms with Crippen molar-refractivity contribution in [3.8, 4) is 0 Å². The van der Waals surface area contributed by atoms with Crippen LogP contribution in [0, 0.1) is 17.8 Å². The smallest absolute Gasteiger partial charge is 0.211 e. The summed E-state index contributed by atoms with van der Waals surface area (Å²) in [5, 5.41) is 0. The lowest BCUT2D eigenvalue weighted by molar-refractivity contribution is 0.202. The van der Waals surface area contributed by atoms with Crippen molar-refractivity contribution >= 4 is 10.0 Å². The molecule has 1 unspecified atom stereocenters. The summed E-state index contributed by atoms with van der Waals surface area (Å²) in [6.07, 6.45) is 7.67. The lowest BCUT2D eigenvalue weighted by Crippen LogP contribution is -2.39. The standard InChI is InChI=1S/C14H26N2O2S/c1-19(17,18)16-8-5-13(6-9-16)14-4-7-15(11-14)10-12-2-3-12/h12-14H,2-11H2,1H3. The van der Waals surface area contributed by atoms with Gasteiger partial charge in [0.15, 0.2) is 0 Å². The summed E-state index contributed by atoms with van der Waals surface area (Å²) in [7, 11) is -2.97. The van der Waals surface area contributed by atoms with Crippen LogP contribution in [0.2, 0.25) is 0 Å². The average molecular weight is 286 g/mol. The minimum absolute atomic E-state index is 0.739. The van der Waals surface area contributed by atoms with Gasteiger partial charge in [0.2, 0.25) is 10.0 Å². The quantitative estimate of drug-likeness (QED) is 0.784. The van der Waals surface area contributed by atoms with Crippen molar-refractivity contribution in [2.75, 3.05) is 39.0 Å². The van der Waals surface area contributed by atoms with Crippen LogP contribution in [0.4, 0.5) is 0 Å². The van der Waals surface area contributed by atoms with Crippen molar-refractivity contribution in [2.45, 2.75) is 32.1 Å². The summed E-state index contributed by atoms with van der Waals surface area (Å²) in [6.45, 7) is 5.33. The van der Waals surface area contributed by atoms with E-state index in [-0.39, 0.29) is 0 Å². The molecule has 1 saturated carbocycles. The second kappa shape index (κ2) is 5.34. The van der Waals surface area contributed by atoms with E-state index in [2.05, 4.69) is 4.90 Å². The van der Waals surface area contributed by atoms with Crippen LogP contribution in [0.5, 0.6) is 0 Å². The zero-order chi connectivity index (χ0) is 13.5. The van der Waals surface area contributed by atoms with Gasteiger partial charge in [-0.1, -0.05) is 0 Å². The highest BCUT2D eigenvalue weighted by Crippen LogP contribution is 2.35. The lowest BCUT2D eigenvalue weighted by atomic mass is 9.84. The molecule has 4 nitrogen and oxygen atoms in total. The van der Waals surface area contributed by atoms with Gasteiger partial charge in [0.25, 0.3) is 0 Å². The number of hydrogen-bond donors (Lipinski definition) is 0. The molecule has 0 amide bonds. The number of sulfonamides is 1. The maximum Gasteiger partial charge on any atom is 0.211 e. The molecule has 0 radical (unpaired) electrons. The Morgan fingerprint density at radius 1 is 0.947 bits per heavy atom. The first-order valence-corrected chi connectivity index (χ1v) is 9.54. The molecular formula is C14H26N2O2S. The van der Waals surface area contributed by atoms with Gasteiger partial charge in [-0.25, -0.2) is 12.7 Å². The fourth-order valence-corrected chi connectivity index (χ4v) is 4.63. The predicted octanol–water partition coefficient (Wildman–Crippen LogP) is 1.39. The van der Waals surface area contributed by atoms with Crippen molar-refractivity contribution < 1.29 is 8.42 Å². The molecule has 0 bridgehead atoms. The Morgan fingerprint density at radius 2 is 1.58 bits per heavy atom. The summed E-state index contributed by atoms with van der Waals surface area (Å²) in [5.74, 6) is 2.56. The molecule has 1 aliphatic carbocycles. The highest BCUT2D eigenvalue weighted by Gasteiger charge is 2.35. The summed E-state index contributed by atoms with van der Waals surface area (Å²) < 4.78 is 24.7. The van der Waals surface area contributed by atoms with Gasteiger partial charge in [0.05, 0.1) is 6.26 Å². The third kappa shape index (κ3) is 3.50. The normalized spacial score (nSPS) is 31.9. The second-order valence-corrected chi connectivity index (χ2v) is 8.73. The van der Waals surface area contributed by atoms with Crippen LogP contribution in [0.15, 0.2) is 0 Å². The van der Waals surface area contributed by atoms with Crippen molar-refractivity contribution in [3.05, 3.63) is 0 Å². The van der Waals surface area contributed by atoms with E-state index in [1.54, 1.807) is 4.31 Å². The highest BCUT2D eigenvalue weighted by atomic mass is 32.2. The molecule has 3 aliphatic rings. The minimum Gasteiger partial charge on any atom is -0.303 e. The van der Waals surface area contributed by atoms with Crippen molar-refractivity contribution in [3.63, 3.8) is 0 Å². The van der Waals surface area contributed by atoms with E-state index >= 15 is 0 Å². The van der Waals surface area contributed by atoms with Gasteiger partial charge in [0.1, 0.15) is 0 Å². The molecule has 0 aromatic carbocycles. The Hall–Kier alpha value is -0.130. The van der Waals surface area contributed by atoms with Crippen LogP contribution in [-0.2, 0) is 10.0 Å². The van der Waals surface area contributed by atoms with Gasteiger partial charge < -0.3 is 4.90 Å². The number of rotatable bonds is 4. The Morgan fingerprint density at radius 3 is 2.16 bits per heavy atom. The molecule has 0 aromatic heterocycles. The van der Waals surface area contributed by atoms with E-state index in [4.69, 9.17) is 0 Å². The van der Waals surface area contributed by atoms with Gasteiger partial charge in [0, 0.05) is 26.2 Å². The highest BCUT2D eigenvalue weighted by molar-refractivity contribution is 7.88. The molecule has 110 valence electrons. The monoisotopic (exact) mass is 286 g/mol. The van der Waals surface area contributed by atoms with E-state index in [1.165, 1.54) is 45.2 Å². The molecule has 2 saturated heterocycles. The molecule has 2 aliphatic heterocycles. The molecule has 0 aromatic rings. The van der Waals surface area contributed by atoms with E-state index in [1.807, 2.05) is 0 Å². The zero-order valence-electron chi connectivity index (χ0n) is 11.9. The largest absolute Gasteiger partial charge is 0.303 e. The van der Waals surface area contributed by atoms with Gasteiger partial charge in [-0.15, -0.1) is 0 Å². The number of likely N-dealkylation sites (tertiary alicyclic amines) is 1. The number of nitrogens with zero attached hydrogens (tertiary/aromatic N) is 2. The fourth-order valence-electron chi connectivity index (χ4n) is 3.76. The first kappa shape index (κ1) is 13.8. The van der Waals surface area contributed by atoms with Crippen molar-refractivity contribution in [1.82, 2.24) is 9.21 Å². The fraction of sp³-hybridized carbons (Fsp3) is 1.00. The molecule has 3 fully saturated rings. The summed E-state index contributed by atoms with van der Waals surface area (Å²) >= 11 is 0. The van der Waals surface area contributed by atoms with Crippen LogP contribution in [0.25, 0.3) is 0 Å². The molecule has 0 spiro atoms. The minimum atomic E-state index is -2.97. The first-order valence-electron chi connectivity index (χ1n) is 7.70. The molecular weight excluding hydrogens is 260 g/mol. The second-order valence-electron chi connectivity index (χ2n) is 6.75. The van der Waals surface area contributed by atoms with Crippen LogP contribution in [-0.4, -0.2) is 56.6 Å². The van der Waals surface area contributed by atoms with Gasteiger partial charge in [-0.3, -0.25) is 0 Å². The summed E-state index contributed by atoms with van der Waals surface area (Å²) in [5.41, 5.74) is 0. The third-order valence-electron chi connectivity index (χ3n) is 5.16.